The molecule has 1 aliphatic rings. The van der Waals surface area contributed by atoms with E-state index in [9.17, 15) is 0 Å². The second kappa shape index (κ2) is 4.80. The van der Waals surface area contributed by atoms with E-state index in [0.717, 1.165) is 5.92 Å². The molecule has 1 aromatic rings. The van der Waals surface area contributed by atoms with E-state index in [4.69, 9.17) is 0 Å². The maximum atomic E-state index is 3.61. The van der Waals surface area contributed by atoms with Gasteiger partial charge in [-0.3, -0.25) is 0 Å². The predicted octanol–water partition coefficient (Wildman–Crippen LogP) is 3.45. The summed E-state index contributed by atoms with van der Waals surface area (Å²) in [6.45, 7) is 5.61. The van der Waals surface area contributed by atoms with E-state index in [1.54, 1.807) is 0 Å². The molecule has 0 unspecified atom stereocenters. The summed E-state index contributed by atoms with van der Waals surface area (Å²) < 4.78 is 0. The largest absolute Gasteiger partial charge is 0.310 e. The molecule has 0 aliphatic heterocycles. The van der Waals surface area contributed by atoms with Gasteiger partial charge in [-0.25, -0.2) is 0 Å². The summed E-state index contributed by atoms with van der Waals surface area (Å²) in [4.78, 5) is 0. The van der Waals surface area contributed by atoms with Gasteiger partial charge in [0.25, 0.3) is 0 Å². The fraction of sp³-hybridized carbons (Fsp3) is 0.571. The lowest BCUT2D eigenvalue weighted by Crippen LogP contribution is -2.20. The van der Waals surface area contributed by atoms with Gasteiger partial charge in [-0.05, 0) is 43.9 Å². The summed E-state index contributed by atoms with van der Waals surface area (Å²) in [5.74, 6) is 1.03. The Balaban J connectivity index is 1.83. The van der Waals surface area contributed by atoms with Crippen LogP contribution in [0.25, 0.3) is 0 Å². The first-order valence-electron chi connectivity index (χ1n) is 6.06. The summed E-state index contributed by atoms with van der Waals surface area (Å²) in [7, 11) is 0. The van der Waals surface area contributed by atoms with Gasteiger partial charge in [0.05, 0.1) is 0 Å². The number of benzene rings is 1. The summed E-state index contributed by atoms with van der Waals surface area (Å²) in [6.07, 6.45) is 4.27. The van der Waals surface area contributed by atoms with Gasteiger partial charge in [0.15, 0.2) is 0 Å². The van der Waals surface area contributed by atoms with Crippen LogP contribution in [0.1, 0.15) is 43.4 Å². The Morgan fingerprint density at radius 1 is 1.33 bits per heavy atom. The van der Waals surface area contributed by atoms with E-state index < -0.39 is 0 Å². The van der Waals surface area contributed by atoms with E-state index in [1.807, 2.05) is 0 Å². The average molecular weight is 203 g/mol. The van der Waals surface area contributed by atoms with Crippen molar-refractivity contribution in [2.45, 2.75) is 39.2 Å². The van der Waals surface area contributed by atoms with Crippen molar-refractivity contribution >= 4 is 0 Å². The van der Waals surface area contributed by atoms with Crippen molar-refractivity contribution in [1.29, 1.82) is 0 Å². The zero-order valence-corrected chi connectivity index (χ0v) is 9.79. The monoisotopic (exact) mass is 203 g/mol. The molecule has 2 rings (SSSR count). The summed E-state index contributed by atoms with van der Waals surface area (Å²) in [5.41, 5.74) is 2.83. The lowest BCUT2D eigenvalue weighted by Gasteiger charge is -2.16. The Morgan fingerprint density at radius 2 is 2.07 bits per heavy atom. The van der Waals surface area contributed by atoms with Crippen molar-refractivity contribution < 1.29 is 0 Å². The molecule has 0 bridgehead atoms. The molecule has 1 aromatic carbocycles. The molecule has 1 fully saturated rings. The smallest absolute Gasteiger partial charge is 0.0294 e. The van der Waals surface area contributed by atoms with Gasteiger partial charge < -0.3 is 5.32 Å². The van der Waals surface area contributed by atoms with Crippen LogP contribution in [-0.4, -0.2) is 6.54 Å². The van der Waals surface area contributed by atoms with Crippen LogP contribution in [0.4, 0.5) is 0 Å². The van der Waals surface area contributed by atoms with Crippen molar-refractivity contribution in [2.75, 3.05) is 6.54 Å². The second-order valence-electron chi connectivity index (χ2n) is 4.76. The zero-order valence-electron chi connectivity index (χ0n) is 9.79. The molecule has 0 aromatic heterocycles. The van der Waals surface area contributed by atoms with Crippen molar-refractivity contribution in [3.8, 4) is 0 Å². The molecule has 0 amide bonds. The summed E-state index contributed by atoms with van der Waals surface area (Å²) in [6, 6.07) is 9.14. The Bertz CT molecular complexity index is 315. The normalized spacial score (nSPS) is 17.7. The van der Waals surface area contributed by atoms with E-state index in [1.165, 1.54) is 36.9 Å². The second-order valence-corrected chi connectivity index (χ2v) is 4.76. The van der Waals surface area contributed by atoms with Crippen molar-refractivity contribution in [1.82, 2.24) is 5.32 Å². The van der Waals surface area contributed by atoms with Gasteiger partial charge in [0.1, 0.15) is 0 Å². The van der Waals surface area contributed by atoms with Crippen LogP contribution in [0, 0.1) is 12.8 Å². The molecule has 1 nitrogen and oxygen atoms in total. The van der Waals surface area contributed by atoms with Crippen LogP contribution in [0.15, 0.2) is 24.3 Å². The number of hydrogen-bond acceptors (Lipinski definition) is 1. The first-order valence-corrected chi connectivity index (χ1v) is 6.06. The molecule has 82 valence electrons. The van der Waals surface area contributed by atoms with Gasteiger partial charge >= 0.3 is 0 Å². The third kappa shape index (κ3) is 3.07. The average Bonchev–Trinajstić information content (AvgIpc) is 3.02. The molecule has 1 atom stereocenters. The molecule has 15 heavy (non-hydrogen) atoms. The summed E-state index contributed by atoms with van der Waals surface area (Å²) >= 11 is 0. The number of rotatable bonds is 5. The van der Waals surface area contributed by atoms with E-state index >= 15 is 0 Å². The minimum Gasteiger partial charge on any atom is -0.310 e. The van der Waals surface area contributed by atoms with Crippen LogP contribution >= 0.6 is 0 Å². The van der Waals surface area contributed by atoms with Crippen molar-refractivity contribution in [3.63, 3.8) is 0 Å². The maximum absolute atomic E-state index is 3.61. The lowest BCUT2D eigenvalue weighted by molar-refractivity contribution is 0.538. The number of nitrogens with one attached hydrogen (secondary N) is 1. The summed E-state index contributed by atoms with van der Waals surface area (Å²) in [5, 5.41) is 3.61. The van der Waals surface area contributed by atoms with Crippen LogP contribution in [0.5, 0.6) is 0 Å². The molecule has 0 heterocycles. The van der Waals surface area contributed by atoms with Crippen LogP contribution < -0.4 is 5.32 Å². The fourth-order valence-electron chi connectivity index (χ4n) is 2.09. The highest BCUT2D eigenvalue weighted by Crippen LogP contribution is 2.32. The molecule has 1 heteroatoms. The molecule has 1 N–H and O–H groups in total. The zero-order chi connectivity index (χ0) is 10.7. The van der Waals surface area contributed by atoms with Crippen molar-refractivity contribution in [2.24, 2.45) is 5.92 Å². The highest BCUT2D eigenvalue weighted by Gasteiger charge is 2.20. The Hall–Kier alpha value is -0.820. The van der Waals surface area contributed by atoms with Crippen molar-refractivity contribution in [3.05, 3.63) is 35.4 Å². The van der Waals surface area contributed by atoms with Gasteiger partial charge in [-0.15, -0.1) is 0 Å². The third-order valence-electron chi connectivity index (χ3n) is 3.36. The Kier molecular flexibility index (Phi) is 3.42. The first-order chi connectivity index (χ1) is 7.27. The first kappa shape index (κ1) is 10.7. The van der Waals surface area contributed by atoms with Crippen LogP contribution in [0.3, 0.4) is 0 Å². The quantitative estimate of drug-likeness (QED) is 0.773. The number of aryl methyl sites for hydroxylation is 1. The minimum atomic E-state index is 0.491. The van der Waals surface area contributed by atoms with E-state index in [-0.39, 0.29) is 0 Å². The fourth-order valence-corrected chi connectivity index (χ4v) is 2.09. The van der Waals surface area contributed by atoms with Gasteiger partial charge in [0, 0.05) is 6.04 Å². The SMILES string of the molecule is Cc1ccccc1[C@@H](C)NCCC1CC1. The number of hydrogen-bond donors (Lipinski definition) is 1. The molecule has 1 saturated carbocycles. The molecule has 0 spiro atoms. The molecular formula is C14H21N. The highest BCUT2D eigenvalue weighted by molar-refractivity contribution is 5.28. The van der Waals surface area contributed by atoms with Crippen LogP contribution in [0.2, 0.25) is 0 Å². The topological polar surface area (TPSA) is 12.0 Å². The maximum Gasteiger partial charge on any atom is 0.0294 e. The predicted molar refractivity (Wildman–Crippen MR) is 64.9 cm³/mol. The Labute approximate surface area is 92.9 Å². The third-order valence-corrected chi connectivity index (χ3v) is 3.36. The van der Waals surface area contributed by atoms with Crippen LogP contribution in [-0.2, 0) is 0 Å². The van der Waals surface area contributed by atoms with E-state index in [0.29, 0.717) is 6.04 Å². The highest BCUT2D eigenvalue weighted by atomic mass is 14.9. The van der Waals surface area contributed by atoms with E-state index in [2.05, 4.69) is 43.4 Å². The lowest BCUT2D eigenvalue weighted by atomic mass is 10.0. The van der Waals surface area contributed by atoms with Gasteiger partial charge in [-0.1, -0.05) is 37.1 Å². The standard InChI is InChI=1S/C14H21N/c1-11-5-3-4-6-14(11)12(2)15-10-9-13-7-8-13/h3-6,12-13,15H,7-10H2,1-2H3/t12-/m1/s1. The molecule has 1 aliphatic carbocycles. The van der Waals surface area contributed by atoms with Gasteiger partial charge in [-0.2, -0.15) is 0 Å². The molecular weight excluding hydrogens is 182 g/mol. The molecule has 0 radical (unpaired) electrons. The Morgan fingerprint density at radius 3 is 2.73 bits per heavy atom. The molecule has 0 saturated heterocycles. The minimum absolute atomic E-state index is 0.491. The van der Waals surface area contributed by atoms with Gasteiger partial charge in [0.2, 0.25) is 0 Å².